The molecule has 2 aromatic heterocycles. The summed E-state index contributed by atoms with van der Waals surface area (Å²) in [7, 11) is 0. The lowest BCUT2D eigenvalue weighted by Crippen LogP contribution is -2.37. The Morgan fingerprint density at radius 1 is 1.39 bits per heavy atom. The van der Waals surface area contributed by atoms with Crippen molar-refractivity contribution >= 4 is 17.1 Å². The fourth-order valence-corrected chi connectivity index (χ4v) is 2.51. The lowest BCUT2D eigenvalue weighted by atomic mass is 10.1. The molecule has 0 saturated carbocycles. The van der Waals surface area contributed by atoms with E-state index in [0.29, 0.717) is 19.1 Å². The Morgan fingerprint density at radius 2 is 2.17 bits per heavy atom. The van der Waals surface area contributed by atoms with Crippen molar-refractivity contribution in [3.63, 3.8) is 0 Å². The Hall–Kier alpha value is -2.11. The fourth-order valence-electron chi connectivity index (χ4n) is 2.51. The minimum atomic E-state index is -0.826. The number of pyridine rings is 1. The molecule has 0 bridgehead atoms. The number of hydrogen-bond acceptors (Lipinski definition) is 3. The first kappa shape index (κ1) is 11.0. The highest BCUT2D eigenvalue weighted by atomic mass is 16.4. The van der Waals surface area contributed by atoms with Crippen LogP contribution in [0.4, 0.5) is 4.79 Å². The number of amides is 1. The molecule has 6 nitrogen and oxygen atoms in total. The minimum absolute atomic E-state index is 0.327. The van der Waals surface area contributed by atoms with Gasteiger partial charge in [-0.3, -0.25) is 4.98 Å². The van der Waals surface area contributed by atoms with Crippen LogP contribution in [0.15, 0.2) is 24.8 Å². The van der Waals surface area contributed by atoms with E-state index in [2.05, 4.69) is 14.5 Å². The molecule has 0 spiro atoms. The van der Waals surface area contributed by atoms with Crippen LogP contribution in [-0.2, 0) is 0 Å². The number of carboxylic acid groups (broad SMARTS) is 1. The number of aromatic nitrogens is 3. The zero-order valence-corrected chi connectivity index (χ0v) is 9.86. The Morgan fingerprint density at radius 3 is 2.89 bits per heavy atom. The van der Waals surface area contributed by atoms with Crippen LogP contribution in [0.1, 0.15) is 18.9 Å². The number of likely N-dealkylation sites (tertiary alicyclic amines) is 1. The zero-order chi connectivity index (χ0) is 12.5. The van der Waals surface area contributed by atoms with E-state index >= 15 is 0 Å². The molecule has 1 fully saturated rings. The third kappa shape index (κ3) is 1.79. The molecular formula is C12H14N4O2. The molecule has 1 amide bonds. The molecule has 6 heteroatoms. The third-order valence-electron chi connectivity index (χ3n) is 3.51. The summed E-state index contributed by atoms with van der Waals surface area (Å²) in [6, 6.07) is 2.28. The molecule has 3 rings (SSSR count). The van der Waals surface area contributed by atoms with Crippen LogP contribution in [0.3, 0.4) is 0 Å². The van der Waals surface area contributed by atoms with Gasteiger partial charge in [-0.2, -0.15) is 0 Å². The molecule has 0 unspecified atom stereocenters. The SMILES string of the molecule is O=C(O)N1CCC(n2cnc3cnccc32)CC1. The van der Waals surface area contributed by atoms with Gasteiger partial charge in [-0.1, -0.05) is 0 Å². The average Bonchev–Trinajstić information content (AvgIpc) is 2.82. The lowest BCUT2D eigenvalue weighted by Gasteiger charge is -2.30. The molecule has 18 heavy (non-hydrogen) atoms. The summed E-state index contributed by atoms with van der Waals surface area (Å²) in [5, 5.41) is 8.93. The topological polar surface area (TPSA) is 71.2 Å². The van der Waals surface area contributed by atoms with E-state index in [1.807, 2.05) is 12.4 Å². The van der Waals surface area contributed by atoms with Crippen molar-refractivity contribution < 1.29 is 9.90 Å². The van der Waals surface area contributed by atoms with Crippen LogP contribution >= 0.6 is 0 Å². The summed E-state index contributed by atoms with van der Waals surface area (Å²) < 4.78 is 2.14. The quantitative estimate of drug-likeness (QED) is 0.832. The number of hydrogen-bond donors (Lipinski definition) is 1. The molecule has 1 aliphatic heterocycles. The van der Waals surface area contributed by atoms with Gasteiger partial charge in [0.05, 0.1) is 18.0 Å². The highest BCUT2D eigenvalue weighted by Gasteiger charge is 2.24. The predicted molar refractivity (Wildman–Crippen MR) is 65.4 cm³/mol. The summed E-state index contributed by atoms with van der Waals surface area (Å²) in [5.74, 6) is 0. The number of rotatable bonds is 1. The van der Waals surface area contributed by atoms with E-state index < -0.39 is 6.09 Å². The number of nitrogens with zero attached hydrogens (tertiary/aromatic N) is 4. The predicted octanol–water partition coefficient (Wildman–Crippen LogP) is 1.75. The molecule has 1 N–H and O–H groups in total. The Bertz CT molecular complexity index is 572. The van der Waals surface area contributed by atoms with Crippen LogP contribution in [0.2, 0.25) is 0 Å². The van der Waals surface area contributed by atoms with E-state index in [1.54, 1.807) is 12.4 Å². The molecular weight excluding hydrogens is 232 g/mol. The van der Waals surface area contributed by atoms with Crippen molar-refractivity contribution in [2.45, 2.75) is 18.9 Å². The summed E-state index contributed by atoms with van der Waals surface area (Å²) in [6.45, 7) is 1.18. The largest absolute Gasteiger partial charge is 0.465 e. The van der Waals surface area contributed by atoms with Gasteiger partial charge in [0.2, 0.25) is 0 Å². The normalized spacial score (nSPS) is 17.2. The van der Waals surface area contributed by atoms with E-state index in [9.17, 15) is 4.79 Å². The summed E-state index contributed by atoms with van der Waals surface area (Å²) in [4.78, 5) is 20.7. The number of imidazole rings is 1. The fraction of sp³-hybridized carbons (Fsp3) is 0.417. The molecule has 2 aromatic rings. The number of carbonyl (C=O) groups is 1. The molecule has 0 atom stereocenters. The maximum Gasteiger partial charge on any atom is 0.407 e. The molecule has 94 valence electrons. The van der Waals surface area contributed by atoms with E-state index in [0.717, 1.165) is 23.9 Å². The van der Waals surface area contributed by atoms with Gasteiger partial charge in [0.25, 0.3) is 0 Å². The molecule has 1 saturated heterocycles. The second kappa shape index (κ2) is 4.29. The highest BCUT2D eigenvalue weighted by Crippen LogP contribution is 2.26. The van der Waals surface area contributed by atoms with Crippen molar-refractivity contribution in [1.82, 2.24) is 19.4 Å². The number of piperidine rings is 1. The number of fused-ring (bicyclic) bond motifs is 1. The van der Waals surface area contributed by atoms with E-state index in [1.165, 1.54) is 4.90 Å². The molecule has 0 radical (unpaired) electrons. The van der Waals surface area contributed by atoms with E-state index in [-0.39, 0.29) is 0 Å². The maximum absolute atomic E-state index is 10.9. The molecule has 0 aliphatic carbocycles. The van der Waals surface area contributed by atoms with Crippen LogP contribution in [-0.4, -0.2) is 43.7 Å². The van der Waals surface area contributed by atoms with Gasteiger partial charge in [0, 0.05) is 25.3 Å². The second-order valence-corrected chi connectivity index (χ2v) is 4.52. The summed E-state index contributed by atoms with van der Waals surface area (Å²) in [5.41, 5.74) is 1.96. The van der Waals surface area contributed by atoms with Gasteiger partial charge in [0.15, 0.2) is 0 Å². The van der Waals surface area contributed by atoms with Crippen molar-refractivity contribution in [2.24, 2.45) is 0 Å². The lowest BCUT2D eigenvalue weighted by molar-refractivity contribution is 0.126. The third-order valence-corrected chi connectivity index (χ3v) is 3.51. The first-order chi connectivity index (χ1) is 8.75. The van der Waals surface area contributed by atoms with Gasteiger partial charge in [-0.25, -0.2) is 9.78 Å². The zero-order valence-electron chi connectivity index (χ0n) is 9.86. The van der Waals surface area contributed by atoms with Crippen molar-refractivity contribution in [2.75, 3.05) is 13.1 Å². The van der Waals surface area contributed by atoms with E-state index in [4.69, 9.17) is 5.11 Å². The molecule has 1 aliphatic rings. The van der Waals surface area contributed by atoms with Crippen LogP contribution in [0.25, 0.3) is 11.0 Å². The van der Waals surface area contributed by atoms with Gasteiger partial charge >= 0.3 is 6.09 Å². The monoisotopic (exact) mass is 246 g/mol. The summed E-state index contributed by atoms with van der Waals surface area (Å²) >= 11 is 0. The maximum atomic E-state index is 10.9. The highest BCUT2D eigenvalue weighted by molar-refractivity contribution is 5.73. The van der Waals surface area contributed by atoms with Gasteiger partial charge in [-0.15, -0.1) is 0 Å². The smallest absolute Gasteiger partial charge is 0.407 e. The standard InChI is InChI=1S/C12H14N4O2/c17-12(18)15-5-2-9(3-6-15)16-8-14-10-7-13-4-1-11(10)16/h1,4,7-9H,2-3,5-6H2,(H,17,18). The van der Waals surface area contributed by atoms with Crippen molar-refractivity contribution in [3.05, 3.63) is 24.8 Å². The van der Waals surface area contributed by atoms with Gasteiger partial charge in [-0.05, 0) is 18.9 Å². The first-order valence-electron chi connectivity index (χ1n) is 6.00. The Labute approximate surface area is 104 Å². The van der Waals surface area contributed by atoms with Crippen molar-refractivity contribution in [1.29, 1.82) is 0 Å². The average molecular weight is 246 g/mol. The van der Waals surface area contributed by atoms with Crippen LogP contribution in [0.5, 0.6) is 0 Å². The molecule has 0 aromatic carbocycles. The minimum Gasteiger partial charge on any atom is -0.465 e. The second-order valence-electron chi connectivity index (χ2n) is 4.52. The molecule has 3 heterocycles. The Kier molecular flexibility index (Phi) is 2.62. The van der Waals surface area contributed by atoms with Gasteiger partial charge < -0.3 is 14.6 Å². The van der Waals surface area contributed by atoms with Gasteiger partial charge in [0.1, 0.15) is 5.52 Å². The Balaban J connectivity index is 1.82. The first-order valence-corrected chi connectivity index (χ1v) is 6.00. The van der Waals surface area contributed by atoms with Crippen LogP contribution < -0.4 is 0 Å². The van der Waals surface area contributed by atoms with Crippen LogP contribution in [0, 0.1) is 0 Å². The van der Waals surface area contributed by atoms with Crippen molar-refractivity contribution in [3.8, 4) is 0 Å². The summed E-state index contributed by atoms with van der Waals surface area (Å²) in [6.07, 6.45) is 6.17.